The summed E-state index contributed by atoms with van der Waals surface area (Å²) in [5, 5.41) is 3.65. The van der Waals surface area contributed by atoms with E-state index in [2.05, 4.69) is 21.2 Å². The summed E-state index contributed by atoms with van der Waals surface area (Å²) in [6.45, 7) is 5.67. The number of hydrogen-bond donors (Lipinski definition) is 1. The minimum Gasteiger partial charge on any atom is -0.367 e. The number of alkyl halides is 3. The lowest BCUT2D eigenvalue weighted by molar-refractivity contribution is -0.205. The number of hydrogen-bond acceptors (Lipinski definition) is 5. The molecule has 0 aliphatic carbocycles. The van der Waals surface area contributed by atoms with E-state index in [0.29, 0.717) is 16.6 Å². The number of anilines is 1. The van der Waals surface area contributed by atoms with Crippen molar-refractivity contribution in [2.24, 2.45) is 5.41 Å². The molecule has 7 nitrogen and oxygen atoms in total. The molecule has 0 bridgehead atoms. The Morgan fingerprint density at radius 1 is 0.972 bits per heavy atom. The van der Waals surface area contributed by atoms with Gasteiger partial charge < -0.3 is 15.1 Å². The third-order valence-electron chi connectivity index (χ3n) is 5.29. The minimum absolute atomic E-state index is 0.109. The molecule has 2 aromatic carbocycles. The van der Waals surface area contributed by atoms with Crippen LogP contribution in [0, 0.1) is 11.2 Å². The molecule has 1 heterocycles. The van der Waals surface area contributed by atoms with Gasteiger partial charge in [-0.05, 0) is 57.2 Å². The summed E-state index contributed by atoms with van der Waals surface area (Å²) in [5.41, 5.74) is -2.83. The van der Waals surface area contributed by atoms with E-state index in [4.69, 9.17) is 4.84 Å². The Hall–Kier alpha value is -2.99. The first-order chi connectivity index (χ1) is 16.6. The number of amides is 2. The van der Waals surface area contributed by atoms with E-state index in [0.717, 1.165) is 12.1 Å². The standard InChI is InChI=1S/C24H24BrF4N3O4/c1-23(2,3)22(35)36-32-8-6-31(7-9-32)21(34)14-10-15(24(27,28)29)12-17(11-14)30-20(33)18-5-4-16(25)13-19(18)26/h4-5,10-13H,6-9H2,1-3H3,(H,30,33). The van der Waals surface area contributed by atoms with E-state index < -0.39 is 40.8 Å². The lowest BCUT2D eigenvalue weighted by atomic mass is 9.98. The summed E-state index contributed by atoms with van der Waals surface area (Å²) < 4.78 is 55.1. The summed E-state index contributed by atoms with van der Waals surface area (Å²) in [7, 11) is 0. The second-order valence-corrected chi connectivity index (χ2v) is 10.1. The van der Waals surface area contributed by atoms with Crippen LogP contribution in [0.1, 0.15) is 47.1 Å². The van der Waals surface area contributed by atoms with Crippen molar-refractivity contribution in [2.45, 2.75) is 26.9 Å². The van der Waals surface area contributed by atoms with Crippen LogP contribution < -0.4 is 5.32 Å². The molecular weight excluding hydrogens is 550 g/mol. The van der Waals surface area contributed by atoms with Gasteiger partial charge in [-0.15, -0.1) is 5.06 Å². The van der Waals surface area contributed by atoms with E-state index in [9.17, 15) is 31.9 Å². The van der Waals surface area contributed by atoms with Crippen LogP contribution in [-0.4, -0.2) is 53.9 Å². The Labute approximate surface area is 213 Å². The number of halogens is 5. The molecule has 1 fully saturated rings. The largest absolute Gasteiger partial charge is 0.416 e. The van der Waals surface area contributed by atoms with E-state index >= 15 is 0 Å². The molecule has 2 aromatic rings. The number of nitrogens with zero attached hydrogens (tertiary/aromatic N) is 2. The van der Waals surface area contributed by atoms with Crippen LogP contribution in [0.25, 0.3) is 0 Å². The van der Waals surface area contributed by atoms with Crippen LogP contribution in [0.4, 0.5) is 23.2 Å². The first kappa shape index (κ1) is 27.6. The zero-order valence-corrected chi connectivity index (χ0v) is 21.3. The highest BCUT2D eigenvalue weighted by Crippen LogP contribution is 2.33. The molecule has 0 radical (unpaired) electrons. The average Bonchev–Trinajstić information content (AvgIpc) is 2.77. The maximum atomic E-state index is 14.1. The molecule has 0 saturated carbocycles. The van der Waals surface area contributed by atoms with Crippen LogP contribution in [0.15, 0.2) is 40.9 Å². The van der Waals surface area contributed by atoms with Crippen molar-refractivity contribution < 1.29 is 36.8 Å². The molecule has 2 amide bonds. The van der Waals surface area contributed by atoms with Crippen LogP contribution >= 0.6 is 15.9 Å². The lowest BCUT2D eigenvalue weighted by Gasteiger charge is -2.34. The molecule has 1 aliphatic rings. The van der Waals surface area contributed by atoms with Gasteiger partial charge in [0.25, 0.3) is 11.8 Å². The van der Waals surface area contributed by atoms with Crippen molar-refractivity contribution in [1.29, 1.82) is 0 Å². The molecule has 1 N–H and O–H groups in total. The van der Waals surface area contributed by atoms with Gasteiger partial charge in [-0.3, -0.25) is 9.59 Å². The fourth-order valence-corrected chi connectivity index (χ4v) is 3.61. The fraction of sp³-hybridized carbons (Fsp3) is 0.375. The minimum atomic E-state index is -4.79. The smallest absolute Gasteiger partial charge is 0.367 e. The molecule has 0 spiro atoms. The van der Waals surface area contributed by atoms with Gasteiger partial charge in [-0.25, -0.2) is 9.18 Å². The van der Waals surface area contributed by atoms with Gasteiger partial charge in [-0.2, -0.15) is 13.2 Å². The summed E-state index contributed by atoms with van der Waals surface area (Å²) in [6.07, 6.45) is -4.79. The van der Waals surface area contributed by atoms with E-state index in [-0.39, 0.29) is 43.0 Å². The Morgan fingerprint density at radius 2 is 1.61 bits per heavy atom. The highest BCUT2D eigenvalue weighted by molar-refractivity contribution is 9.10. The van der Waals surface area contributed by atoms with Gasteiger partial charge in [0.1, 0.15) is 5.82 Å². The van der Waals surface area contributed by atoms with Crippen LogP contribution in [0.5, 0.6) is 0 Å². The number of carbonyl (C=O) groups is 3. The second-order valence-electron chi connectivity index (χ2n) is 9.23. The summed E-state index contributed by atoms with van der Waals surface area (Å²) in [4.78, 5) is 44.2. The van der Waals surface area contributed by atoms with Gasteiger partial charge in [0.05, 0.1) is 29.6 Å². The van der Waals surface area contributed by atoms with Crippen LogP contribution in [0.3, 0.4) is 0 Å². The SMILES string of the molecule is CC(C)(C)C(=O)ON1CCN(C(=O)c2cc(NC(=O)c3ccc(Br)cc3F)cc(C(F)(F)F)c2)CC1. The van der Waals surface area contributed by atoms with Crippen molar-refractivity contribution in [3.63, 3.8) is 0 Å². The second kappa shape index (κ2) is 10.6. The molecule has 0 aromatic heterocycles. The Balaban J connectivity index is 1.78. The zero-order chi connectivity index (χ0) is 26.8. The summed E-state index contributed by atoms with van der Waals surface area (Å²) >= 11 is 3.06. The number of carbonyl (C=O) groups excluding carboxylic acids is 3. The number of nitrogens with one attached hydrogen (secondary N) is 1. The number of piperazine rings is 1. The lowest BCUT2D eigenvalue weighted by Crippen LogP contribution is -2.50. The van der Waals surface area contributed by atoms with Gasteiger partial charge in [0, 0.05) is 28.8 Å². The highest BCUT2D eigenvalue weighted by atomic mass is 79.9. The number of hydroxylamine groups is 2. The average molecular weight is 574 g/mol. The zero-order valence-electron chi connectivity index (χ0n) is 19.7. The van der Waals surface area contributed by atoms with Crippen LogP contribution in [-0.2, 0) is 15.8 Å². The molecule has 0 atom stereocenters. The topological polar surface area (TPSA) is 79.0 Å². The van der Waals surface area contributed by atoms with E-state index in [1.807, 2.05) is 0 Å². The van der Waals surface area contributed by atoms with Crippen molar-refractivity contribution in [1.82, 2.24) is 9.96 Å². The quantitative estimate of drug-likeness (QED) is 0.513. The number of benzene rings is 2. The Bertz CT molecular complexity index is 1170. The third-order valence-corrected chi connectivity index (χ3v) is 5.78. The fourth-order valence-electron chi connectivity index (χ4n) is 3.28. The maximum absolute atomic E-state index is 14.1. The number of rotatable bonds is 4. The summed E-state index contributed by atoms with van der Waals surface area (Å²) in [6, 6.07) is 6.13. The molecule has 3 rings (SSSR count). The van der Waals surface area contributed by atoms with Gasteiger partial charge in [-0.1, -0.05) is 15.9 Å². The molecular formula is C24H24BrF4N3O4. The molecule has 1 saturated heterocycles. The Morgan fingerprint density at radius 3 is 2.17 bits per heavy atom. The van der Waals surface area contributed by atoms with Crippen LogP contribution in [0.2, 0.25) is 0 Å². The normalized spacial score (nSPS) is 14.9. The van der Waals surface area contributed by atoms with Crippen molar-refractivity contribution in [2.75, 3.05) is 31.5 Å². The monoisotopic (exact) mass is 573 g/mol. The predicted octanol–water partition coefficient (Wildman–Crippen LogP) is 5.12. The van der Waals surface area contributed by atoms with E-state index in [1.165, 1.54) is 22.1 Å². The van der Waals surface area contributed by atoms with Crippen molar-refractivity contribution >= 4 is 39.4 Å². The van der Waals surface area contributed by atoms with Gasteiger partial charge in [0.2, 0.25) is 0 Å². The maximum Gasteiger partial charge on any atom is 0.416 e. The first-order valence-corrected chi connectivity index (χ1v) is 11.7. The predicted molar refractivity (Wildman–Crippen MR) is 127 cm³/mol. The highest BCUT2D eigenvalue weighted by Gasteiger charge is 2.34. The van der Waals surface area contributed by atoms with E-state index in [1.54, 1.807) is 20.8 Å². The van der Waals surface area contributed by atoms with Gasteiger partial charge >= 0.3 is 12.1 Å². The summed E-state index contributed by atoms with van der Waals surface area (Å²) in [5.74, 6) is -2.96. The first-order valence-electron chi connectivity index (χ1n) is 10.9. The molecule has 1 aliphatic heterocycles. The molecule has 194 valence electrons. The molecule has 36 heavy (non-hydrogen) atoms. The third kappa shape index (κ3) is 6.82. The molecule has 12 heteroatoms. The van der Waals surface area contributed by atoms with Crippen molar-refractivity contribution in [3.8, 4) is 0 Å². The van der Waals surface area contributed by atoms with Gasteiger partial charge in [0.15, 0.2) is 0 Å². The Kier molecular flexibility index (Phi) is 8.09. The molecule has 0 unspecified atom stereocenters. The van der Waals surface area contributed by atoms with Crippen molar-refractivity contribution in [3.05, 3.63) is 63.4 Å².